The number of nitro groups is 1. The van der Waals surface area contributed by atoms with Crippen molar-refractivity contribution in [1.82, 2.24) is 5.32 Å². The van der Waals surface area contributed by atoms with E-state index in [0.29, 0.717) is 3.57 Å². The number of amides is 1. The summed E-state index contributed by atoms with van der Waals surface area (Å²) < 4.78 is 39.7. The molecule has 136 valence electrons. The van der Waals surface area contributed by atoms with Crippen molar-refractivity contribution in [2.24, 2.45) is 0 Å². The van der Waals surface area contributed by atoms with Crippen molar-refractivity contribution < 1.29 is 22.9 Å². The first kappa shape index (κ1) is 20.0. The molecule has 0 radical (unpaired) electrons. The van der Waals surface area contributed by atoms with Crippen molar-refractivity contribution in [2.45, 2.75) is 6.18 Å². The van der Waals surface area contributed by atoms with Crippen LogP contribution >= 0.6 is 34.8 Å². The number of benzene rings is 2. The van der Waals surface area contributed by atoms with Gasteiger partial charge in [-0.2, -0.15) is 13.2 Å². The van der Waals surface area contributed by atoms with Crippen molar-refractivity contribution in [3.8, 4) is 0 Å². The second kappa shape index (κ2) is 7.95. The van der Waals surface area contributed by atoms with E-state index < -0.39 is 33.4 Å². The van der Waals surface area contributed by atoms with Gasteiger partial charge in [-0.05, 0) is 59.1 Å². The molecular formula is C15H9F3IN3O3S. The number of nitrogens with one attached hydrogen (secondary N) is 2. The number of hydrogen-bond acceptors (Lipinski definition) is 4. The Hall–Kier alpha value is -2.28. The summed E-state index contributed by atoms with van der Waals surface area (Å²) >= 11 is 6.59. The van der Waals surface area contributed by atoms with E-state index in [0.717, 1.165) is 12.1 Å². The molecule has 2 aromatic carbocycles. The Balaban J connectivity index is 2.20. The number of anilines is 1. The standard InChI is InChI=1S/C15H9F3IN3O3S/c16-15(17,18)10-7-8(19)5-6-11(10)20-14(26)21-13(23)9-3-1-2-4-12(9)22(24)25/h1-7H,(H2,20,21,23,26). The maximum absolute atomic E-state index is 13.1. The number of rotatable bonds is 3. The van der Waals surface area contributed by atoms with Gasteiger partial charge in [0.2, 0.25) is 0 Å². The molecule has 1 amide bonds. The van der Waals surface area contributed by atoms with Gasteiger partial charge in [0, 0.05) is 9.64 Å². The summed E-state index contributed by atoms with van der Waals surface area (Å²) in [6.45, 7) is 0. The van der Waals surface area contributed by atoms with Crippen molar-refractivity contribution in [2.75, 3.05) is 5.32 Å². The molecule has 2 rings (SSSR count). The topological polar surface area (TPSA) is 84.3 Å². The second-order valence-electron chi connectivity index (χ2n) is 4.87. The zero-order valence-corrected chi connectivity index (χ0v) is 15.6. The molecular weight excluding hydrogens is 486 g/mol. The van der Waals surface area contributed by atoms with Crippen molar-refractivity contribution in [3.05, 3.63) is 67.3 Å². The Morgan fingerprint density at radius 2 is 1.85 bits per heavy atom. The molecule has 0 saturated carbocycles. The van der Waals surface area contributed by atoms with Crippen LogP contribution in [-0.4, -0.2) is 15.9 Å². The number of nitro benzene ring substituents is 1. The number of carbonyl (C=O) groups is 1. The lowest BCUT2D eigenvalue weighted by Crippen LogP contribution is -2.35. The van der Waals surface area contributed by atoms with Gasteiger partial charge in [-0.3, -0.25) is 20.2 Å². The van der Waals surface area contributed by atoms with E-state index in [2.05, 4.69) is 10.6 Å². The molecule has 0 aromatic heterocycles. The number of carbonyl (C=O) groups excluding carboxylic acids is 1. The van der Waals surface area contributed by atoms with Gasteiger partial charge in [-0.25, -0.2) is 0 Å². The summed E-state index contributed by atoms with van der Waals surface area (Å²) in [5, 5.41) is 15.0. The summed E-state index contributed by atoms with van der Waals surface area (Å²) in [7, 11) is 0. The number of hydrogen-bond donors (Lipinski definition) is 2. The second-order valence-corrected chi connectivity index (χ2v) is 6.52. The fourth-order valence-corrected chi connectivity index (χ4v) is 2.70. The van der Waals surface area contributed by atoms with Gasteiger partial charge in [0.05, 0.1) is 16.2 Å². The third-order valence-corrected chi connectivity index (χ3v) is 3.98. The van der Waals surface area contributed by atoms with Crippen molar-refractivity contribution >= 4 is 57.2 Å². The number of para-hydroxylation sites is 1. The highest BCUT2D eigenvalue weighted by Gasteiger charge is 2.34. The fraction of sp³-hybridized carbons (Fsp3) is 0.0667. The van der Waals surface area contributed by atoms with Crippen LogP contribution < -0.4 is 10.6 Å². The van der Waals surface area contributed by atoms with E-state index in [1.165, 1.54) is 30.3 Å². The molecule has 0 unspecified atom stereocenters. The Kier molecular flexibility index (Phi) is 6.13. The van der Waals surface area contributed by atoms with E-state index in [4.69, 9.17) is 12.2 Å². The molecule has 0 fully saturated rings. The lowest BCUT2D eigenvalue weighted by atomic mass is 10.1. The van der Waals surface area contributed by atoms with Gasteiger partial charge in [0.25, 0.3) is 11.6 Å². The number of thiocarbonyl (C=S) groups is 1. The first-order valence-electron chi connectivity index (χ1n) is 6.82. The van der Waals surface area contributed by atoms with E-state index >= 15 is 0 Å². The quantitative estimate of drug-likeness (QED) is 0.287. The molecule has 0 aliphatic carbocycles. The highest BCUT2D eigenvalue weighted by atomic mass is 127. The Morgan fingerprint density at radius 3 is 2.46 bits per heavy atom. The molecule has 0 aliphatic rings. The zero-order valence-electron chi connectivity index (χ0n) is 12.6. The molecule has 0 saturated heterocycles. The normalized spacial score (nSPS) is 10.9. The summed E-state index contributed by atoms with van der Waals surface area (Å²) in [5.74, 6) is -0.908. The van der Waals surface area contributed by atoms with Crippen LogP contribution in [0.15, 0.2) is 42.5 Å². The van der Waals surface area contributed by atoms with Crippen molar-refractivity contribution in [3.63, 3.8) is 0 Å². The summed E-state index contributed by atoms with van der Waals surface area (Å²) in [4.78, 5) is 22.3. The summed E-state index contributed by atoms with van der Waals surface area (Å²) in [6, 6.07) is 8.67. The van der Waals surface area contributed by atoms with E-state index in [-0.39, 0.29) is 11.3 Å². The maximum atomic E-state index is 13.1. The van der Waals surface area contributed by atoms with Crippen LogP contribution in [0.25, 0.3) is 0 Å². The molecule has 11 heteroatoms. The van der Waals surface area contributed by atoms with Crippen molar-refractivity contribution in [1.29, 1.82) is 0 Å². The van der Waals surface area contributed by atoms with Gasteiger partial charge in [-0.15, -0.1) is 0 Å². The van der Waals surface area contributed by atoms with E-state index in [9.17, 15) is 28.1 Å². The Morgan fingerprint density at radius 1 is 1.19 bits per heavy atom. The minimum Gasteiger partial charge on any atom is -0.332 e. The molecule has 0 bridgehead atoms. The number of halogens is 4. The average molecular weight is 495 g/mol. The van der Waals surface area contributed by atoms with Crippen LogP contribution in [0, 0.1) is 13.7 Å². The first-order valence-corrected chi connectivity index (χ1v) is 8.31. The van der Waals surface area contributed by atoms with Crippen LogP contribution in [0.1, 0.15) is 15.9 Å². The highest BCUT2D eigenvalue weighted by molar-refractivity contribution is 14.1. The largest absolute Gasteiger partial charge is 0.418 e. The monoisotopic (exact) mass is 495 g/mol. The molecule has 0 heterocycles. The van der Waals surface area contributed by atoms with Crippen LogP contribution in [-0.2, 0) is 6.18 Å². The summed E-state index contributed by atoms with van der Waals surface area (Å²) in [6.07, 6.45) is -4.62. The molecule has 26 heavy (non-hydrogen) atoms. The molecule has 0 aliphatic heterocycles. The third-order valence-electron chi connectivity index (χ3n) is 3.11. The van der Waals surface area contributed by atoms with Crippen LogP contribution in [0.5, 0.6) is 0 Å². The highest BCUT2D eigenvalue weighted by Crippen LogP contribution is 2.35. The Labute approximate surface area is 164 Å². The molecule has 2 aromatic rings. The lowest BCUT2D eigenvalue weighted by Gasteiger charge is -2.16. The molecule has 6 nitrogen and oxygen atoms in total. The van der Waals surface area contributed by atoms with Crippen LogP contribution in [0.3, 0.4) is 0 Å². The van der Waals surface area contributed by atoms with Gasteiger partial charge in [0.15, 0.2) is 5.11 Å². The predicted octanol–water partition coefficient (Wildman–Crippen LogP) is 4.35. The van der Waals surface area contributed by atoms with Gasteiger partial charge < -0.3 is 5.32 Å². The molecule has 0 atom stereocenters. The average Bonchev–Trinajstić information content (AvgIpc) is 2.55. The lowest BCUT2D eigenvalue weighted by molar-refractivity contribution is -0.385. The third kappa shape index (κ3) is 4.88. The number of alkyl halides is 3. The predicted molar refractivity (Wildman–Crippen MR) is 101 cm³/mol. The smallest absolute Gasteiger partial charge is 0.332 e. The van der Waals surface area contributed by atoms with Gasteiger partial charge in [0.1, 0.15) is 5.56 Å². The zero-order chi connectivity index (χ0) is 19.5. The summed E-state index contributed by atoms with van der Waals surface area (Å²) in [5.41, 5.74) is -2.00. The van der Waals surface area contributed by atoms with Gasteiger partial charge >= 0.3 is 6.18 Å². The number of nitrogens with zero attached hydrogens (tertiary/aromatic N) is 1. The van der Waals surface area contributed by atoms with Gasteiger partial charge in [-0.1, -0.05) is 12.1 Å². The van der Waals surface area contributed by atoms with Crippen LogP contribution in [0.2, 0.25) is 0 Å². The van der Waals surface area contributed by atoms with E-state index in [1.807, 2.05) is 0 Å². The SMILES string of the molecule is O=C(NC(=S)Nc1ccc(I)cc1C(F)(F)F)c1ccccc1[N+](=O)[O-]. The van der Waals surface area contributed by atoms with E-state index in [1.54, 1.807) is 22.6 Å². The first-order chi connectivity index (χ1) is 12.1. The van der Waals surface area contributed by atoms with Crippen LogP contribution in [0.4, 0.5) is 24.5 Å². The maximum Gasteiger partial charge on any atom is 0.418 e. The Bertz CT molecular complexity index is 890. The molecule has 0 spiro atoms. The minimum absolute atomic E-state index is 0.264. The fourth-order valence-electron chi connectivity index (χ4n) is 2.01. The minimum atomic E-state index is -4.62. The molecule has 2 N–H and O–H groups in total.